The Kier molecular flexibility index (Phi) is 12.0. The summed E-state index contributed by atoms with van der Waals surface area (Å²) in [5.41, 5.74) is 1.39. The first-order chi connectivity index (χ1) is 13.4. The van der Waals surface area contributed by atoms with Crippen molar-refractivity contribution in [2.45, 2.75) is 96.5 Å². The van der Waals surface area contributed by atoms with E-state index in [1.165, 1.54) is 82.6 Å². The highest BCUT2D eigenvalue weighted by molar-refractivity contribution is 5.28. The first-order valence-electron chi connectivity index (χ1n) is 11.4. The minimum atomic E-state index is 0.326. The zero-order valence-electron chi connectivity index (χ0n) is 17.5. The number of unbranched alkanes of at least 4 members (excludes halogenated alkanes) is 10. The zero-order chi connectivity index (χ0) is 19.0. The second-order valence-electron chi connectivity index (χ2n) is 7.89. The lowest BCUT2D eigenvalue weighted by atomic mass is 10.1. The number of rotatable bonds is 17. The molecular formula is C25H40O2. The molecule has 1 aliphatic heterocycles. The molecule has 0 saturated carbocycles. The van der Waals surface area contributed by atoms with E-state index in [1.54, 1.807) is 0 Å². The molecule has 2 nitrogen and oxygen atoms in total. The van der Waals surface area contributed by atoms with Gasteiger partial charge < -0.3 is 9.47 Å². The molecule has 1 aromatic rings. The van der Waals surface area contributed by atoms with Gasteiger partial charge in [-0.15, -0.1) is 0 Å². The lowest BCUT2D eigenvalue weighted by molar-refractivity contribution is 0.263. The molecule has 1 saturated heterocycles. The number of benzene rings is 1. The normalized spacial score (nSPS) is 16.1. The van der Waals surface area contributed by atoms with Gasteiger partial charge in [-0.05, 0) is 56.2 Å². The number of hydrogen-bond donors (Lipinski definition) is 0. The van der Waals surface area contributed by atoms with E-state index in [4.69, 9.17) is 9.47 Å². The Hall–Kier alpha value is -1.28. The van der Waals surface area contributed by atoms with E-state index in [0.717, 1.165) is 18.8 Å². The number of epoxide rings is 1. The van der Waals surface area contributed by atoms with Crippen LogP contribution in [0.25, 0.3) is 0 Å². The third-order valence-corrected chi connectivity index (χ3v) is 5.21. The summed E-state index contributed by atoms with van der Waals surface area (Å²) in [5, 5.41) is 0. The van der Waals surface area contributed by atoms with Gasteiger partial charge in [0.05, 0.1) is 6.61 Å². The van der Waals surface area contributed by atoms with E-state index >= 15 is 0 Å². The van der Waals surface area contributed by atoms with Gasteiger partial charge in [0.1, 0.15) is 18.5 Å². The van der Waals surface area contributed by atoms with E-state index in [-0.39, 0.29) is 0 Å². The van der Waals surface area contributed by atoms with Gasteiger partial charge in [0.25, 0.3) is 0 Å². The van der Waals surface area contributed by atoms with Crippen LogP contribution in [-0.4, -0.2) is 19.3 Å². The molecule has 0 amide bonds. The molecule has 1 aliphatic rings. The lowest BCUT2D eigenvalue weighted by Gasteiger charge is -2.06. The third-order valence-electron chi connectivity index (χ3n) is 5.21. The maximum Gasteiger partial charge on any atom is 0.119 e. The monoisotopic (exact) mass is 372 g/mol. The molecule has 0 bridgehead atoms. The van der Waals surface area contributed by atoms with Crippen molar-refractivity contribution in [1.82, 2.24) is 0 Å². The summed E-state index contributed by atoms with van der Waals surface area (Å²) >= 11 is 0. The predicted molar refractivity (Wildman–Crippen MR) is 116 cm³/mol. The fraction of sp³-hybridized carbons (Fsp3) is 0.680. The van der Waals surface area contributed by atoms with E-state index in [2.05, 4.69) is 37.3 Å². The minimum Gasteiger partial charge on any atom is -0.491 e. The third kappa shape index (κ3) is 11.9. The van der Waals surface area contributed by atoms with Gasteiger partial charge in [0, 0.05) is 0 Å². The van der Waals surface area contributed by atoms with Gasteiger partial charge >= 0.3 is 0 Å². The number of aryl methyl sites for hydroxylation is 1. The van der Waals surface area contributed by atoms with Gasteiger partial charge in [-0.3, -0.25) is 0 Å². The molecule has 0 N–H and O–H groups in total. The summed E-state index contributed by atoms with van der Waals surface area (Å²) in [5.74, 6) is 0.983. The van der Waals surface area contributed by atoms with Crippen LogP contribution >= 0.6 is 0 Å². The summed E-state index contributed by atoms with van der Waals surface area (Å²) in [7, 11) is 0. The number of hydrogen-bond acceptors (Lipinski definition) is 2. The van der Waals surface area contributed by atoms with Crippen molar-refractivity contribution in [3.63, 3.8) is 0 Å². The van der Waals surface area contributed by atoms with Crippen LogP contribution in [0.2, 0.25) is 0 Å². The van der Waals surface area contributed by atoms with Gasteiger partial charge in [-0.2, -0.15) is 0 Å². The van der Waals surface area contributed by atoms with Crippen molar-refractivity contribution in [3.05, 3.63) is 42.0 Å². The van der Waals surface area contributed by atoms with Crippen molar-refractivity contribution >= 4 is 0 Å². The topological polar surface area (TPSA) is 21.8 Å². The van der Waals surface area contributed by atoms with Crippen LogP contribution in [0.1, 0.15) is 89.5 Å². The van der Waals surface area contributed by atoms with Gasteiger partial charge in [-0.1, -0.05) is 76.2 Å². The average molecular weight is 373 g/mol. The molecule has 1 fully saturated rings. The summed E-state index contributed by atoms with van der Waals surface area (Å²) in [6.07, 6.45) is 22.5. The molecule has 1 heterocycles. The van der Waals surface area contributed by atoms with E-state index in [1.807, 2.05) is 6.07 Å². The number of allylic oxidation sites excluding steroid dienone is 2. The second-order valence-corrected chi connectivity index (χ2v) is 7.89. The molecule has 1 unspecified atom stereocenters. The second kappa shape index (κ2) is 14.7. The highest BCUT2D eigenvalue weighted by atomic mass is 16.6. The fourth-order valence-electron chi connectivity index (χ4n) is 3.37. The van der Waals surface area contributed by atoms with E-state index < -0.39 is 0 Å². The maximum absolute atomic E-state index is 5.76. The first kappa shape index (κ1) is 22.0. The SMILES string of the molecule is CCCCCCCCC/C=C/CCCCCc1cccc(OCC2CO2)c1. The van der Waals surface area contributed by atoms with Gasteiger partial charge in [0.2, 0.25) is 0 Å². The Morgan fingerprint density at radius 1 is 0.926 bits per heavy atom. The summed E-state index contributed by atoms with van der Waals surface area (Å²) in [6.45, 7) is 3.83. The molecule has 2 rings (SSSR count). The van der Waals surface area contributed by atoms with Gasteiger partial charge in [-0.25, -0.2) is 0 Å². The van der Waals surface area contributed by atoms with Crippen molar-refractivity contribution in [2.24, 2.45) is 0 Å². The van der Waals surface area contributed by atoms with Crippen LogP contribution in [0.5, 0.6) is 5.75 Å². The van der Waals surface area contributed by atoms with Crippen LogP contribution < -0.4 is 4.74 Å². The van der Waals surface area contributed by atoms with E-state index in [0.29, 0.717) is 12.7 Å². The molecule has 27 heavy (non-hydrogen) atoms. The molecule has 0 aliphatic carbocycles. The quantitative estimate of drug-likeness (QED) is 0.163. The fourth-order valence-corrected chi connectivity index (χ4v) is 3.37. The molecular weight excluding hydrogens is 332 g/mol. The predicted octanol–water partition coefficient (Wildman–Crippen LogP) is 7.26. The van der Waals surface area contributed by atoms with Crippen LogP contribution in [0, 0.1) is 0 Å². The smallest absolute Gasteiger partial charge is 0.119 e. The Morgan fingerprint density at radius 2 is 1.59 bits per heavy atom. The van der Waals surface area contributed by atoms with Crippen molar-refractivity contribution in [2.75, 3.05) is 13.2 Å². The molecule has 0 radical (unpaired) electrons. The standard InChI is InChI=1S/C25H40O2/c1-2-3-4-5-6-7-8-9-10-11-12-13-14-15-17-23-18-16-19-24(20-23)26-21-25-22-27-25/h10-11,16,18-20,25H,2-9,12-15,17,21-22H2,1H3/b11-10+. The van der Waals surface area contributed by atoms with Crippen molar-refractivity contribution in [3.8, 4) is 5.75 Å². The molecule has 0 spiro atoms. The lowest BCUT2D eigenvalue weighted by Crippen LogP contribution is -2.04. The van der Waals surface area contributed by atoms with Crippen LogP contribution in [-0.2, 0) is 11.2 Å². The molecule has 2 heteroatoms. The first-order valence-corrected chi connectivity index (χ1v) is 11.4. The average Bonchev–Trinajstić information content (AvgIpc) is 3.51. The maximum atomic E-state index is 5.76. The molecule has 1 aromatic carbocycles. The van der Waals surface area contributed by atoms with Crippen LogP contribution in [0.3, 0.4) is 0 Å². The Balaban J connectivity index is 1.40. The highest BCUT2D eigenvalue weighted by Gasteiger charge is 2.22. The van der Waals surface area contributed by atoms with Crippen LogP contribution in [0.15, 0.2) is 36.4 Å². The largest absolute Gasteiger partial charge is 0.491 e. The van der Waals surface area contributed by atoms with E-state index in [9.17, 15) is 0 Å². The van der Waals surface area contributed by atoms with Crippen molar-refractivity contribution < 1.29 is 9.47 Å². The molecule has 152 valence electrons. The molecule has 0 aromatic heterocycles. The van der Waals surface area contributed by atoms with Crippen LogP contribution in [0.4, 0.5) is 0 Å². The highest BCUT2D eigenvalue weighted by Crippen LogP contribution is 2.18. The molecule has 1 atom stereocenters. The Bertz CT molecular complexity index is 505. The van der Waals surface area contributed by atoms with Crippen molar-refractivity contribution in [1.29, 1.82) is 0 Å². The zero-order valence-corrected chi connectivity index (χ0v) is 17.5. The Morgan fingerprint density at radius 3 is 2.30 bits per heavy atom. The summed E-state index contributed by atoms with van der Waals surface area (Å²) in [4.78, 5) is 0. The Labute approximate surface area is 167 Å². The number of ether oxygens (including phenoxy) is 2. The summed E-state index contributed by atoms with van der Waals surface area (Å²) < 4.78 is 10.9. The minimum absolute atomic E-state index is 0.326. The summed E-state index contributed by atoms with van der Waals surface area (Å²) in [6, 6.07) is 8.54. The van der Waals surface area contributed by atoms with Gasteiger partial charge in [0.15, 0.2) is 0 Å².